The number of hydrazine groups is 1. The number of aryl methyl sites for hydroxylation is 1. The zero-order chi connectivity index (χ0) is 12.0. The van der Waals surface area contributed by atoms with Crippen molar-refractivity contribution in [2.24, 2.45) is 5.84 Å². The number of rotatable bonds is 5. The van der Waals surface area contributed by atoms with Crippen molar-refractivity contribution in [3.05, 3.63) is 23.4 Å². The van der Waals surface area contributed by atoms with Crippen molar-refractivity contribution in [3.63, 3.8) is 0 Å². The van der Waals surface area contributed by atoms with Gasteiger partial charge < -0.3 is 15.5 Å². The highest BCUT2D eigenvalue weighted by molar-refractivity contribution is 5.94. The van der Waals surface area contributed by atoms with Gasteiger partial charge in [0.25, 0.3) is 5.91 Å². The summed E-state index contributed by atoms with van der Waals surface area (Å²) in [5.74, 6) is 5.55. The maximum atomic E-state index is 11.7. The normalized spacial score (nSPS) is 9.94. The van der Waals surface area contributed by atoms with Crippen LogP contribution in [0.15, 0.2) is 12.1 Å². The van der Waals surface area contributed by atoms with Crippen LogP contribution in [0, 0.1) is 6.92 Å². The number of nitrogens with one attached hydrogen (secondary N) is 2. The molecule has 0 unspecified atom stereocenters. The summed E-state index contributed by atoms with van der Waals surface area (Å²) in [7, 11) is 1.58. The van der Waals surface area contributed by atoms with E-state index in [0.29, 0.717) is 24.5 Å². The highest BCUT2D eigenvalue weighted by Crippen LogP contribution is 2.08. The molecule has 0 aromatic carbocycles. The van der Waals surface area contributed by atoms with Crippen molar-refractivity contribution in [2.75, 3.05) is 25.7 Å². The van der Waals surface area contributed by atoms with E-state index in [1.807, 2.05) is 0 Å². The molecule has 4 N–H and O–H groups in total. The first-order valence-electron chi connectivity index (χ1n) is 4.90. The van der Waals surface area contributed by atoms with E-state index in [-0.39, 0.29) is 5.91 Å². The average molecular weight is 224 g/mol. The number of amides is 1. The van der Waals surface area contributed by atoms with E-state index < -0.39 is 0 Å². The van der Waals surface area contributed by atoms with Crippen molar-refractivity contribution in [3.8, 4) is 0 Å². The number of nitrogens with zero attached hydrogens (tertiary/aromatic N) is 1. The summed E-state index contributed by atoms with van der Waals surface area (Å²) in [6.07, 6.45) is 0. The number of anilines is 1. The molecule has 6 heteroatoms. The molecule has 1 heterocycles. The lowest BCUT2D eigenvalue weighted by molar-refractivity contribution is 0.0937. The van der Waals surface area contributed by atoms with Crippen molar-refractivity contribution in [1.29, 1.82) is 0 Å². The van der Waals surface area contributed by atoms with E-state index in [1.54, 1.807) is 26.2 Å². The number of pyridine rings is 1. The summed E-state index contributed by atoms with van der Waals surface area (Å²) >= 11 is 0. The highest BCUT2D eigenvalue weighted by Gasteiger charge is 2.07. The van der Waals surface area contributed by atoms with Crippen LogP contribution in [0.5, 0.6) is 0 Å². The Labute approximate surface area is 94.2 Å². The van der Waals surface area contributed by atoms with E-state index in [9.17, 15) is 4.79 Å². The molecule has 1 amide bonds. The lowest BCUT2D eigenvalue weighted by Crippen LogP contribution is -2.27. The Morgan fingerprint density at radius 2 is 2.31 bits per heavy atom. The Morgan fingerprint density at radius 3 is 2.94 bits per heavy atom. The van der Waals surface area contributed by atoms with Crippen LogP contribution in [0.2, 0.25) is 0 Å². The van der Waals surface area contributed by atoms with Crippen LogP contribution in [-0.2, 0) is 4.74 Å². The number of carbonyl (C=O) groups is 1. The molecule has 0 aliphatic heterocycles. The fourth-order valence-corrected chi connectivity index (χ4v) is 1.24. The molecule has 0 saturated heterocycles. The highest BCUT2D eigenvalue weighted by atomic mass is 16.5. The molecule has 1 rings (SSSR count). The third kappa shape index (κ3) is 3.48. The minimum atomic E-state index is -0.168. The van der Waals surface area contributed by atoms with Crippen LogP contribution in [0.3, 0.4) is 0 Å². The third-order valence-electron chi connectivity index (χ3n) is 1.96. The zero-order valence-corrected chi connectivity index (χ0v) is 9.41. The Hall–Kier alpha value is -1.66. The second-order valence-electron chi connectivity index (χ2n) is 3.28. The largest absolute Gasteiger partial charge is 0.383 e. The molecule has 0 aliphatic rings. The van der Waals surface area contributed by atoms with Crippen molar-refractivity contribution in [2.45, 2.75) is 6.92 Å². The number of nitrogens with two attached hydrogens (primary N) is 1. The van der Waals surface area contributed by atoms with Crippen LogP contribution in [-0.4, -0.2) is 31.2 Å². The number of ether oxygens (including phenoxy) is 1. The van der Waals surface area contributed by atoms with E-state index >= 15 is 0 Å². The molecule has 0 radical (unpaired) electrons. The topological polar surface area (TPSA) is 89.3 Å². The molecule has 6 nitrogen and oxygen atoms in total. The lowest BCUT2D eigenvalue weighted by atomic mass is 10.2. The molecule has 0 saturated carbocycles. The number of carbonyl (C=O) groups excluding carboxylic acids is 1. The first-order chi connectivity index (χ1) is 7.67. The van der Waals surface area contributed by atoms with Gasteiger partial charge >= 0.3 is 0 Å². The number of methoxy groups -OCH3 is 1. The van der Waals surface area contributed by atoms with E-state index in [0.717, 1.165) is 5.69 Å². The van der Waals surface area contributed by atoms with Crippen LogP contribution in [0.1, 0.15) is 16.1 Å². The van der Waals surface area contributed by atoms with Crippen LogP contribution >= 0.6 is 0 Å². The lowest BCUT2D eigenvalue weighted by Gasteiger charge is -2.07. The van der Waals surface area contributed by atoms with Gasteiger partial charge in [0.2, 0.25) is 0 Å². The smallest absolute Gasteiger partial charge is 0.251 e. The maximum absolute atomic E-state index is 11.7. The minimum Gasteiger partial charge on any atom is -0.383 e. The first kappa shape index (κ1) is 12.4. The monoisotopic (exact) mass is 224 g/mol. The maximum Gasteiger partial charge on any atom is 0.251 e. The van der Waals surface area contributed by atoms with Gasteiger partial charge in [-0.15, -0.1) is 0 Å². The first-order valence-corrected chi connectivity index (χ1v) is 4.90. The molecule has 0 fully saturated rings. The Kier molecular flexibility index (Phi) is 4.68. The molecule has 0 atom stereocenters. The van der Waals surface area contributed by atoms with Gasteiger partial charge in [0, 0.05) is 24.9 Å². The van der Waals surface area contributed by atoms with Gasteiger partial charge in [0.15, 0.2) is 0 Å². The Morgan fingerprint density at radius 1 is 1.56 bits per heavy atom. The summed E-state index contributed by atoms with van der Waals surface area (Å²) in [5.41, 5.74) is 3.67. The fourth-order valence-electron chi connectivity index (χ4n) is 1.24. The van der Waals surface area contributed by atoms with Gasteiger partial charge in [-0.2, -0.15) is 0 Å². The number of nitrogen functional groups attached to an aromatic ring is 1. The molecular weight excluding hydrogens is 208 g/mol. The summed E-state index contributed by atoms with van der Waals surface area (Å²) < 4.78 is 4.84. The van der Waals surface area contributed by atoms with Gasteiger partial charge in [-0.1, -0.05) is 0 Å². The minimum absolute atomic E-state index is 0.168. The Balaban J connectivity index is 2.71. The molecule has 0 spiro atoms. The van der Waals surface area contributed by atoms with Crippen LogP contribution in [0.25, 0.3) is 0 Å². The molecule has 0 aliphatic carbocycles. The second kappa shape index (κ2) is 6.04. The molecule has 88 valence electrons. The van der Waals surface area contributed by atoms with E-state index in [4.69, 9.17) is 10.6 Å². The summed E-state index contributed by atoms with van der Waals surface area (Å²) in [6, 6.07) is 3.29. The molecule has 1 aromatic heterocycles. The molecule has 16 heavy (non-hydrogen) atoms. The Bertz CT molecular complexity index is 368. The standard InChI is InChI=1S/C10H16N4O2/c1-7-5-8(6-9(13-7)14-11)10(15)12-3-4-16-2/h5-6H,3-4,11H2,1-2H3,(H,12,15)(H,13,14). The van der Waals surface area contributed by atoms with Gasteiger partial charge in [0.05, 0.1) is 6.61 Å². The summed E-state index contributed by atoms with van der Waals surface area (Å²) in [4.78, 5) is 15.8. The van der Waals surface area contributed by atoms with E-state index in [2.05, 4.69) is 15.7 Å². The molecule has 1 aromatic rings. The quantitative estimate of drug-likeness (QED) is 0.373. The second-order valence-corrected chi connectivity index (χ2v) is 3.28. The summed E-state index contributed by atoms with van der Waals surface area (Å²) in [5, 5.41) is 2.72. The van der Waals surface area contributed by atoms with Gasteiger partial charge in [0.1, 0.15) is 5.82 Å². The van der Waals surface area contributed by atoms with Crippen molar-refractivity contribution < 1.29 is 9.53 Å². The van der Waals surface area contributed by atoms with Crippen LogP contribution in [0.4, 0.5) is 5.82 Å². The summed E-state index contributed by atoms with van der Waals surface area (Å²) in [6.45, 7) is 2.76. The van der Waals surface area contributed by atoms with Gasteiger partial charge in [-0.05, 0) is 19.1 Å². The fraction of sp³-hybridized carbons (Fsp3) is 0.400. The number of hydrogen-bond acceptors (Lipinski definition) is 5. The molecular formula is C10H16N4O2. The van der Waals surface area contributed by atoms with E-state index in [1.165, 1.54) is 0 Å². The third-order valence-corrected chi connectivity index (χ3v) is 1.96. The van der Waals surface area contributed by atoms with Crippen LogP contribution < -0.4 is 16.6 Å². The molecule has 0 bridgehead atoms. The number of aromatic nitrogens is 1. The average Bonchev–Trinajstić information content (AvgIpc) is 2.28. The zero-order valence-electron chi connectivity index (χ0n) is 9.41. The van der Waals surface area contributed by atoms with Gasteiger partial charge in [-0.25, -0.2) is 10.8 Å². The van der Waals surface area contributed by atoms with Crippen molar-refractivity contribution in [1.82, 2.24) is 10.3 Å². The number of hydrogen-bond donors (Lipinski definition) is 3. The van der Waals surface area contributed by atoms with Crippen molar-refractivity contribution >= 4 is 11.7 Å². The predicted octanol–water partition coefficient (Wildman–Crippen LogP) is 0.0518. The van der Waals surface area contributed by atoms with Gasteiger partial charge in [-0.3, -0.25) is 4.79 Å². The SMILES string of the molecule is COCCNC(=O)c1cc(C)nc(NN)c1. The predicted molar refractivity (Wildman–Crippen MR) is 61.0 cm³/mol.